The summed E-state index contributed by atoms with van der Waals surface area (Å²) in [6, 6.07) is 5.11. The molecule has 0 spiro atoms. The van der Waals surface area contributed by atoms with Crippen molar-refractivity contribution in [1.82, 2.24) is 9.62 Å². The lowest BCUT2D eigenvalue weighted by Crippen LogP contribution is -2.42. The first kappa shape index (κ1) is 21.4. The number of fused-ring (bicyclic) bond motifs is 1. The van der Waals surface area contributed by atoms with Gasteiger partial charge in [0.05, 0.1) is 4.90 Å². The molecular weight excluding hydrogens is 400 g/mol. The second-order valence-corrected chi connectivity index (χ2v) is 11.2. The van der Waals surface area contributed by atoms with E-state index >= 15 is 0 Å². The van der Waals surface area contributed by atoms with E-state index in [1.54, 1.807) is 22.5 Å². The average molecular weight is 433 g/mol. The van der Waals surface area contributed by atoms with Crippen LogP contribution < -0.4 is 5.32 Å². The van der Waals surface area contributed by atoms with Crippen LogP contribution in [0.5, 0.6) is 0 Å². The molecule has 1 aliphatic heterocycles. The summed E-state index contributed by atoms with van der Waals surface area (Å²) < 4.78 is 33.9. The molecule has 1 aromatic heterocycles. The lowest BCUT2D eigenvalue weighted by atomic mass is 9.94. The number of sulfonamides is 1. The maximum Gasteiger partial charge on any atom is 0.287 e. The number of aryl methyl sites for hydroxylation is 1. The van der Waals surface area contributed by atoms with Crippen molar-refractivity contribution in [2.75, 3.05) is 13.1 Å². The minimum absolute atomic E-state index is 0.192. The van der Waals surface area contributed by atoms with Gasteiger partial charge in [-0.1, -0.05) is 33.1 Å². The van der Waals surface area contributed by atoms with Crippen molar-refractivity contribution in [3.63, 3.8) is 0 Å². The van der Waals surface area contributed by atoms with Gasteiger partial charge in [-0.25, -0.2) is 8.42 Å². The molecule has 0 bridgehead atoms. The Labute approximate surface area is 179 Å². The fraction of sp³-hybridized carbons (Fsp3) is 0.609. The first-order valence-electron chi connectivity index (χ1n) is 11.1. The van der Waals surface area contributed by atoms with E-state index in [1.807, 2.05) is 6.92 Å². The number of amides is 1. The molecule has 1 aliphatic carbocycles. The maximum atomic E-state index is 13.3. The third kappa shape index (κ3) is 4.14. The van der Waals surface area contributed by atoms with Gasteiger partial charge in [-0.15, -0.1) is 0 Å². The van der Waals surface area contributed by atoms with Gasteiger partial charge < -0.3 is 9.73 Å². The quantitative estimate of drug-likeness (QED) is 0.773. The molecule has 2 fully saturated rings. The fourth-order valence-corrected chi connectivity index (χ4v) is 6.73. The van der Waals surface area contributed by atoms with E-state index in [1.165, 1.54) is 6.42 Å². The van der Waals surface area contributed by atoms with Crippen LogP contribution in [0.4, 0.5) is 0 Å². The van der Waals surface area contributed by atoms with E-state index in [0.29, 0.717) is 41.5 Å². The van der Waals surface area contributed by atoms with Crippen LogP contribution in [-0.2, 0) is 10.0 Å². The third-order valence-electron chi connectivity index (χ3n) is 6.53. The van der Waals surface area contributed by atoms with E-state index in [9.17, 15) is 13.2 Å². The van der Waals surface area contributed by atoms with Crippen LogP contribution in [0.2, 0.25) is 0 Å². The molecule has 30 heavy (non-hydrogen) atoms. The zero-order valence-electron chi connectivity index (χ0n) is 18.1. The number of nitrogens with zero attached hydrogens (tertiary/aromatic N) is 1. The number of nitrogens with one attached hydrogen (secondary N) is 1. The third-order valence-corrected chi connectivity index (χ3v) is 8.36. The molecule has 164 valence electrons. The highest BCUT2D eigenvalue weighted by Gasteiger charge is 2.32. The highest BCUT2D eigenvalue weighted by atomic mass is 32.2. The molecule has 2 aromatic rings. The molecule has 6 nitrogen and oxygen atoms in total. The Balaban J connectivity index is 1.61. The Kier molecular flexibility index (Phi) is 5.95. The monoisotopic (exact) mass is 432 g/mol. The van der Waals surface area contributed by atoms with Crippen LogP contribution >= 0.6 is 0 Å². The van der Waals surface area contributed by atoms with Gasteiger partial charge in [0.25, 0.3) is 5.91 Å². The van der Waals surface area contributed by atoms with Crippen LogP contribution in [0, 0.1) is 18.8 Å². The molecule has 2 aliphatic rings. The van der Waals surface area contributed by atoms with E-state index < -0.39 is 10.0 Å². The Morgan fingerprint density at radius 3 is 2.43 bits per heavy atom. The second kappa shape index (κ2) is 8.35. The molecule has 1 saturated heterocycles. The number of hydrogen-bond donors (Lipinski definition) is 1. The van der Waals surface area contributed by atoms with Gasteiger partial charge in [-0.05, 0) is 56.2 Å². The zero-order chi connectivity index (χ0) is 21.5. The molecule has 2 heterocycles. The van der Waals surface area contributed by atoms with Gasteiger partial charge in [0, 0.05) is 30.1 Å². The van der Waals surface area contributed by atoms with Crippen molar-refractivity contribution in [2.45, 2.75) is 70.2 Å². The zero-order valence-corrected chi connectivity index (χ0v) is 18.9. The molecule has 0 radical (unpaired) electrons. The molecule has 1 amide bonds. The minimum Gasteiger partial charge on any atom is -0.451 e. The summed E-state index contributed by atoms with van der Waals surface area (Å²) in [4.78, 5) is 13.0. The summed E-state index contributed by atoms with van der Waals surface area (Å²) in [5.41, 5.74) is 1.23. The van der Waals surface area contributed by atoms with Crippen molar-refractivity contribution in [3.8, 4) is 0 Å². The molecule has 2 unspecified atom stereocenters. The number of rotatable bonds is 4. The highest BCUT2D eigenvalue weighted by Crippen LogP contribution is 2.31. The molecule has 1 saturated carbocycles. The van der Waals surface area contributed by atoms with E-state index in [4.69, 9.17) is 4.42 Å². The van der Waals surface area contributed by atoms with Crippen molar-refractivity contribution >= 4 is 26.9 Å². The fourth-order valence-electron chi connectivity index (χ4n) is 5.03. The SMILES string of the molecule is Cc1c(C(=O)NC2CCCCC2)oc2ccc(S(=O)(=O)N3CC(C)CC(C)C3)cc12. The predicted octanol–water partition coefficient (Wildman–Crippen LogP) is 4.47. The highest BCUT2D eigenvalue weighted by molar-refractivity contribution is 7.89. The van der Waals surface area contributed by atoms with E-state index in [-0.39, 0.29) is 22.6 Å². The Hall–Kier alpha value is -1.86. The van der Waals surface area contributed by atoms with Crippen LogP contribution in [-0.4, -0.2) is 37.8 Å². The Morgan fingerprint density at radius 1 is 1.10 bits per heavy atom. The van der Waals surface area contributed by atoms with Gasteiger partial charge in [-0.2, -0.15) is 4.31 Å². The summed E-state index contributed by atoms with van der Waals surface area (Å²) in [5.74, 6) is 0.764. The van der Waals surface area contributed by atoms with Gasteiger partial charge in [0.15, 0.2) is 5.76 Å². The minimum atomic E-state index is -3.58. The van der Waals surface area contributed by atoms with Crippen molar-refractivity contribution in [1.29, 1.82) is 0 Å². The van der Waals surface area contributed by atoms with Crippen molar-refractivity contribution < 1.29 is 17.6 Å². The molecule has 1 aromatic carbocycles. The predicted molar refractivity (Wildman–Crippen MR) is 117 cm³/mol. The summed E-state index contributed by atoms with van der Waals surface area (Å²) in [5, 5.41) is 3.77. The number of piperidine rings is 1. The van der Waals surface area contributed by atoms with E-state index in [0.717, 1.165) is 32.1 Å². The van der Waals surface area contributed by atoms with Gasteiger partial charge >= 0.3 is 0 Å². The maximum absolute atomic E-state index is 13.3. The van der Waals surface area contributed by atoms with Gasteiger partial charge in [-0.3, -0.25) is 4.79 Å². The molecule has 2 atom stereocenters. The lowest BCUT2D eigenvalue weighted by molar-refractivity contribution is 0.0901. The van der Waals surface area contributed by atoms with Crippen LogP contribution in [0.25, 0.3) is 11.0 Å². The van der Waals surface area contributed by atoms with Crippen molar-refractivity contribution in [2.24, 2.45) is 11.8 Å². The Bertz CT molecular complexity index is 1030. The number of benzene rings is 1. The smallest absolute Gasteiger partial charge is 0.287 e. The standard InChI is InChI=1S/C23H32N2O4S/c1-15-11-16(2)14-25(13-15)30(27,28)19-9-10-21-20(12-19)17(3)22(29-21)23(26)24-18-7-5-4-6-8-18/h9-10,12,15-16,18H,4-8,11,13-14H2,1-3H3,(H,24,26). The van der Waals surface area contributed by atoms with Crippen LogP contribution in [0.3, 0.4) is 0 Å². The number of furan rings is 1. The number of hydrogen-bond acceptors (Lipinski definition) is 4. The van der Waals surface area contributed by atoms with Gasteiger partial charge in [0.2, 0.25) is 10.0 Å². The topological polar surface area (TPSA) is 79.6 Å². The van der Waals surface area contributed by atoms with Gasteiger partial charge in [0.1, 0.15) is 5.58 Å². The van der Waals surface area contributed by atoms with E-state index in [2.05, 4.69) is 19.2 Å². The number of carbonyl (C=O) groups is 1. The van der Waals surface area contributed by atoms with Crippen molar-refractivity contribution in [3.05, 3.63) is 29.5 Å². The normalized spacial score (nSPS) is 24.2. The van der Waals surface area contributed by atoms with Crippen LogP contribution in [0.1, 0.15) is 68.5 Å². The summed E-state index contributed by atoms with van der Waals surface area (Å²) in [6.45, 7) is 7.11. The Morgan fingerprint density at radius 2 is 1.77 bits per heavy atom. The molecular formula is C23H32N2O4S. The average Bonchev–Trinajstić information content (AvgIpc) is 3.04. The summed E-state index contributed by atoms with van der Waals surface area (Å²) in [7, 11) is -3.58. The first-order valence-corrected chi connectivity index (χ1v) is 12.5. The number of carbonyl (C=O) groups excluding carboxylic acids is 1. The molecule has 7 heteroatoms. The summed E-state index contributed by atoms with van der Waals surface area (Å²) in [6.07, 6.45) is 6.55. The largest absolute Gasteiger partial charge is 0.451 e. The lowest BCUT2D eigenvalue weighted by Gasteiger charge is -2.34. The molecule has 1 N–H and O–H groups in total. The molecule has 4 rings (SSSR count). The van der Waals surface area contributed by atoms with Crippen LogP contribution in [0.15, 0.2) is 27.5 Å². The summed E-state index contributed by atoms with van der Waals surface area (Å²) >= 11 is 0. The second-order valence-electron chi connectivity index (χ2n) is 9.29. The first-order chi connectivity index (χ1) is 14.3.